The summed E-state index contributed by atoms with van der Waals surface area (Å²) in [5, 5.41) is 3.22. The van der Waals surface area contributed by atoms with E-state index in [1.807, 2.05) is 0 Å². The summed E-state index contributed by atoms with van der Waals surface area (Å²) in [6, 6.07) is 12.8. The lowest BCUT2D eigenvalue weighted by Crippen LogP contribution is -1.90. The van der Waals surface area contributed by atoms with Gasteiger partial charge in [-0.3, -0.25) is 0 Å². The number of hydrogen-bond acceptors (Lipinski definition) is 2. The molecule has 1 heterocycles. The molecule has 0 spiro atoms. The first kappa shape index (κ1) is 14.5. The van der Waals surface area contributed by atoms with Crippen molar-refractivity contribution in [3.05, 3.63) is 62.9 Å². The number of thiazole rings is 1. The van der Waals surface area contributed by atoms with Crippen molar-refractivity contribution in [2.75, 3.05) is 0 Å². The lowest BCUT2D eigenvalue weighted by molar-refractivity contribution is 1.29. The zero-order chi connectivity index (χ0) is 15.0. The van der Waals surface area contributed by atoms with Gasteiger partial charge in [-0.1, -0.05) is 45.8 Å². The van der Waals surface area contributed by atoms with Crippen LogP contribution in [0.3, 0.4) is 0 Å². The minimum absolute atomic E-state index is 1.07. The predicted octanol–water partition coefficient (Wildman–Crippen LogP) is 6.16. The molecule has 1 aromatic heterocycles. The van der Waals surface area contributed by atoms with Gasteiger partial charge in [0.2, 0.25) is 0 Å². The van der Waals surface area contributed by atoms with Crippen LogP contribution in [0.5, 0.6) is 0 Å². The van der Waals surface area contributed by atoms with Gasteiger partial charge in [0.1, 0.15) is 5.01 Å². The highest BCUT2D eigenvalue weighted by atomic mass is 79.9. The maximum Gasteiger partial charge on any atom is 0.124 e. The van der Waals surface area contributed by atoms with Gasteiger partial charge in [0.05, 0.1) is 5.69 Å². The first-order valence-electron chi connectivity index (χ1n) is 6.84. The molecule has 1 nitrogen and oxygen atoms in total. The smallest absolute Gasteiger partial charge is 0.124 e. The highest BCUT2D eigenvalue weighted by Crippen LogP contribution is 2.33. The van der Waals surface area contributed by atoms with E-state index < -0.39 is 0 Å². The third-order valence-corrected chi connectivity index (χ3v) is 4.95. The largest absolute Gasteiger partial charge is 0.236 e. The summed E-state index contributed by atoms with van der Waals surface area (Å²) >= 11 is 5.17. The zero-order valence-corrected chi connectivity index (χ0v) is 14.7. The maximum absolute atomic E-state index is 4.83. The fourth-order valence-corrected chi connectivity index (χ4v) is 3.78. The molecule has 2 aromatic carbocycles. The van der Waals surface area contributed by atoms with E-state index in [1.54, 1.807) is 11.3 Å². The van der Waals surface area contributed by atoms with Crippen LogP contribution in [0.2, 0.25) is 0 Å². The maximum atomic E-state index is 4.83. The van der Waals surface area contributed by atoms with E-state index in [0.717, 1.165) is 20.7 Å². The highest BCUT2D eigenvalue weighted by molar-refractivity contribution is 9.10. The lowest BCUT2D eigenvalue weighted by atomic mass is 9.98. The Hall–Kier alpha value is -1.45. The van der Waals surface area contributed by atoms with E-state index in [-0.39, 0.29) is 0 Å². The van der Waals surface area contributed by atoms with Gasteiger partial charge in [-0.25, -0.2) is 4.98 Å². The van der Waals surface area contributed by atoms with Crippen molar-refractivity contribution in [1.82, 2.24) is 4.98 Å². The highest BCUT2D eigenvalue weighted by Gasteiger charge is 2.11. The average molecular weight is 358 g/mol. The van der Waals surface area contributed by atoms with Gasteiger partial charge < -0.3 is 0 Å². The van der Waals surface area contributed by atoms with Crippen LogP contribution in [0.4, 0.5) is 0 Å². The minimum Gasteiger partial charge on any atom is -0.236 e. The Balaban J connectivity index is 2.05. The number of benzene rings is 2. The number of nitrogens with zero attached hydrogens (tertiary/aromatic N) is 1. The molecule has 0 bridgehead atoms. The van der Waals surface area contributed by atoms with E-state index >= 15 is 0 Å². The monoisotopic (exact) mass is 357 g/mol. The fraction of sp³-hybridized carbons (Fsp3) is 0.167. The Bertz CT molecular complexity index is 764. The molecule has 0 fully saturated rings. The second kappa shape index (κ2) is 5.74. The lowest BCUT2D eigenvalue weighted by Gasteiger charge is -2.08. The van der Waals surface area contributed by atoms with Crippen molar-refractivity contribution < 1.29 is 0 Å². The standard InChI is InChI=1S/C18H16BrNS/c1-11-8-12(2)17(13(3)9-11)16-10-21-18(20-16)14-4-6-15(19)7-5-14/h4-10H,1-3H3. The van der Waals surface area contributed by atoms with Gasteiger partial charge in [0.15, 0.2) is 0 Å². The number of aromatic nitrogens is 1. The van der Waals surface area contributed by atoms with Crippen molar-refractivity contribution in [3.8, 4) is 21.8 Å². The van der Waals surface area contributed by atoms with E-state index in [2.05, 4.69) is 78.5 Å². The van der Waals surface area contributed by atoms with Gasteiger partial charge in [-0.05, 0) is 44.0 Å². The van der Waals surface area contributed by atoms with Crippen LogP contribution in [0.25, 0.3) is 21.8 Å². The van der Waals surface area contributed by atoms with Crippen LogP contribution >= 0.6 is 27.3 Å². The molecule has 3 rings (SSSR count). The number of aryl methyl sites for hydroxylation is 3. The van der Waals surface area contributed by atoms with Crippen LogP contribution in [0.1, 0.15) is 16.7 Å². The summed E-state index contributed by atoms with van der Waals surface area (Å²) in [5.41, 5.74) is 7.39. The summed E-state index contributed by atoms with van der Waals surface area (Å²) in [6.45, 7) is 6.46. The molecule has 0 aliphatic carbocycles. The molecule has 0 atom stereocenters. The van der Waals surface area contributed by atoms with Gasteiger partial charge in [-0.15, -0.1) is 11.3 Å². The zero-order valence-electron chi connectivity index (χ0n) is 12.3. The number of halogens is 1. The number of rotatable bonds is 2. The Kier molecular flexibility index (Phi) is 3.96. The Morgan fingerprint density at radius 3 is 2.19 bits per heavy atom. The normalized spacial score (nSPS) is 10.9. The van der Waals surface area contributed by atoms with Crippen molar-refractivity contribution in [2.24, 2.45) is 0 Å². The molecule has 0 amide bonds. The quantitative estimate of drug-likeness (QED) is 0.534. The Morgan fingerprint density at radius 1 is 0.952 bits per heavy atom. The Morgan fingerprint density at radius 2 is 1.57 bits per heavy atom. The molecule has 0 N–H and O–H groups in total. The van der Waals surface area contributed by atoms with Gasteiger partial charge in [0, 0.05) is 21.0 Å². The Labute approximate surface area is 137 Å². The number of hydrogen-bond donors (Lipinski definition) is 0. The molecule has 0 radical (unpaired) electrons. The molecule has 0 unspecified atom stereocenters. The van der Waals surface area contributed by atoms with Crippen molar-refractivity contribution in [1.29, 1.82) is 0 Å². The van der Waals surface area contributed by atoms with Crippen molar-refractivity contribution in [2.45, 2.75) is 20.8 Å². The summed E-state index contributed by atoms with van der Waals surface area (Å²) in [7, 11) is 0. The molecule has 3 heteroatoms. The average Bonchev–Trinajstić information content (AvgIpc) is 2.87. The fourth-order valence-electron chi connectivity index (χ4n) is 2.70. The van der Waals surface area contributed by atoms with Crippen LogP contribution < -0.4 is 0 Å². The summed E-state index contributed by atoms with van der Waals surface area (Å²) < 4.78 is 1.09. The second-order valence-electron chi connectivity index (χ2n) is 5.32. The molecule has 0 saturated heterocycles. The first-order chi connectivity index (χ1) is 10.0. The van der Waals surface area contributed by atoms with E-state index in [1.165, 1.54) is 22.3 Å². The molecule has 0 aliphatic heterocycles. The third kappa shape index (κ3) is 2.94. The first-order valence-corrected chi connectivity index (χ1v) is 8.51. The second-order valence-corrected chi connectivity index (χ2v) is 7.09. The third-order valence-electron chi connectivity index (χ3n) is 3.53. The van der Waals surface area contributed by atoms with Crippen LogP contribution in [-0.2, 0) is 0 Å². The van der Waals surface area contributed by atoms with Crippen LogP contribution in [0, 0.1) is 20.8 Å². The van der Waals surface area contributed by atoms with Crippen LogP contribution in [0.15, 0.2) is 46.3 Å². The molecule has 106 valence electrons. The van der Waals surface area contributed by atoms with Crippen molar-refractivity contribution >= 4 is 27.3 Å². The van der Waals surface area contributed by atoms with Crippen molar-refractivity contribution in [3.63, 3.8) is 0 Å². The summed E-state index contributed by atoms with van der Waals surface area (Å²) in [5.74, 6) is 0. The molecule has 0 aliphatic rings. The molecule has 21 heavy (non-hydrogen) atoms. The molecular formula is C18H16BrNS. The van der Waals surface area contributed by atoms with E-state index in [4.69, 9.17) is 4.98 Å². The van der Waals surface area contributed by atoms with Gasteiger partial charge in [-0.2, -0.15) is 0 Å². The van der Waals surface area contributed by atoms with Crippen LogP contribution in [-0.4, -0.2) is 4.98 Å². The van der Waals surface area contributed by atoms with E-state index in [0.29, 0.717) is 0 Å². The molecule has 0 saturated carbocycles. The molecule has 3 aromatic rings. The summed E-state index contributed by atoms with van der Waals surface area (Å²) in [4.78, 5) is 4.83. The minimum atomic E-state index is 1.07. The van der Waals surface area contributed by atoms with Gasteiger partial charge >= 0.3 is 0 Å². The molecular weight excluding hydrogens is 342 g/mol. The SMILES string of the molecule is Cc1cc(C)c(-c2csc(-c3ccc(Br)cc3)n2)c(C)c1. The predicted molar refractivity (Wildman–Crippen MR) is 94.9 cm³/mol. The summed E-state index contributed by atoms with van der Waals surface area (Å²) in [6.07, 6.45) is 0. The van der Waals surface area contributed by atoms with Gasteiger partial charge in [0.25, 0.3) is 0 Å². The van der Waals surface area contributed by atoms with E-state index in [9.17, 15) is 0 Å². The topological polar surface area (TPSA) is 12.9 Å².